The van der Waals surface area contributed by atoms with Crippen LogP contribution in [-0.2, 0) is 0 Å². The third-order valence-corrected chi connectivity index (χ3v) is 1.52. The van der Waals surface area contributed by atoms with Gasteiger partial charge in [-0.05, 0) is 6.07 Å². The highest BCUT2D eigenvalue weighted by Crippen LogP contribution is 2.09. The van der Waals surface area contributed by atoms with E-state index in [0.717, 1.165) is 11.2 Å². The second-order valence-electron chi connectivity index (χ2n) is 2.15. The Bertz CT molecular complexity index is 230. The minimum atomic E-state index is 0.615. The van der Waals surface area contributed by atoms with Crippen molar-refractivity contribution in [1.29, 1.82) is 0 Å². The van der Waals surface area contributed by atoms with Gasteiger partial charge in [-0.25, -0.2) is 4.98 Å². The normalized spacial score (nSPS) is 9.27. The van der Waals surface area contributed by atoms with Gasteiger partial charge in [0.05, 0.1) is 14.2 Å². The molecule has 0 saturated carbocycles. The topological polar surface area (TPSA) is 31.4 Å². The van der Waals surface area contributed by atoms with E-state index in [0.29, 0.717) is 5.88 Å². The van der Waals surface area contributed by atoms with E-state index in [4.69, 9.17) is 9.47 Å². The van der Waals surface area contributed by atoms with Crippen molar-refractivity contribution in [2.75, 3.05) is 14.2 Å². The number of aromatic nitrogens is 1. The first kappa shape index (κ1) is 7.92. The molecule has 3 nitrogen and oxygen atoms in total. The Morgan fingerprint density at radius 3 is 2.64 bits per heavy atom. The molecule has 0 radical (unpaired) electrons. The molecule has 0 aliphatic carbocycles. The average Bonchev–Trinajstić information content (AvgIpc) is 2.05. The van der Waals surface area contributed by atoms with Crippen LogP contribution in [-0.4, -0.2) is 27.0 Å². The molecule has 1 aromatic rings. The summed E-state index contributed by atoms with van der Waals surface area (Å²) in [6, 6.07) is 1.80. The van der Waals surface area contributed by atoms with Crippen LogP contribution < -0.4 is 14.9 Å². The Morgan fingerprint density at radius 1 is 1.36 bits per heavy atom. The van der Waals surface area contributed by atoms with Crippen molar-refractivity contribution in [2.45, 2.75) is 0 Å². The number of hydrogen-bond donors (Lipinski definition) is 0. The van der Waals surface area contributed by atoms with Crippen LogP contribution in [0, 0.1) is 0 Å². The van der Waals surface area contributed by atoms with Crippen LogP contribution in [0.4, 0.5) is 0 Å². The third kappa shape index (κ3) is 1.45. The molecule has 1 aromatic heterocycles. The summed E-state index contributed by atoms with van der Waals surface area (Å²) < 4.78 is 10.1. The van der Waals surface area contributed by atoms with Crippen molar-refractivity contribution < 1.29 is 9.47 Å². The number of ether oxygens (including phenoxy) is 2. The maximum absolute atomic E-state index is 5.07. The van der Waals surface area contributed by atoms with E-state index in [-0.39, 0.29) is 0 Å². The first-order chi connectivity index (χ1) is 5.29. The summed E-state index contributed by atoms with van der Waals surface area (Å²) in [5, 5.41) is 0. The van der Waals surface area contributed by atoms with Crippen molar-refractivity contribution in [3.63, 3.8) is 0 Å². The van der Waals surface area contributed by atoms with Gasteiger partial charge in [0.15, 0.2) is 7.85 Å². The van der Waals surface area contributed by atoms with Crippen LogP contribution in [0.2, 0.25) is 0 Å². The fraction of sp³-hybridized carbons (Fsp3) is 0.286. The molecule has 0 N–H and O–H groups in total. The summed E-state index contributed by atoms with van der Waals surface area (Å²) in [5.74, 6) is 1.42. The van der Waals surface area contributed by atoms with Gasteiger partial charge in [0.1, 0.15) is 5.75 Å². The molecule has 11 heavy (non-hydrogen) atoms. The highest BCUT2D eigenvalue weighted by Gasteiger charge is 2.03. The van der Waals surface area contributed by atoms with Crippen molar-refractivity contribution in [3.8, 4) is 11.6 Å². The summed E-state index contributed by atoms with van der Waals surface area (Å²) >= 11 is 0. The van der Waals surface area contributed by atoms with E-state index < -0.39 is 0 Å². The second-order valence-corrected chi connectivity index (χ2v) is 2.15. The molecule has 0 bridgehead atoms. The second kappa shape index (κ2) is 3.28. The van der Waals surface area contributed by atoms with E-state index in [1.807, 2.05) is 7.85 Å². The minimum Gasteiger partial charge on any atom is -0.497 e. The Kier molecular flexibility index (Phi) is 2.36. The number of hydrogen-bond acceptors (Lipinski definition) is 3. The molecule has 4 heteroatoms. The van der Waals surface area contributed by atoms with E-state index in [2.05, 4.69) is 4.98 Å². The first-order valence-corrected chi connectivity index (χ1v) is 3.33. The molecule has 0 atom stereocenters. The lowest BCUT2D eigenvalue weighted by molar-refractivity contribution is 0.389. The number of rotatable bonds is 2. The van der Waals surface area contributed by atoms with Gasteiger partial charge in [-0.2, -0.15) is 0 Å². The molecule has 1 rings (SSSR count). The van der Waals surface area contributed by atoms with E-state index in [1.54, 1.807) is 26.5 Å². The molecule has 58 valence electrons. The Hall–Kier alpha value is -1.19. The Labute approximate surface area is 66.8 Å². The molecule has 0 saturated heterocycles. The lowest BCUT2D eigenvalue weighted by atomic mass is 9.97. The number of methoxy groups -OCH3 is 2. The molecular formula is C7H10BNO2. The number of nitrogens with zero attached hydrogens (tertiary/aromatic N) is 1. The van der Waals surface area contributed by atoms with Crippen LogP contribution in [0.15, 0.2) is 12.3 Å². The van der Waals surface area contributed by atoms with E-state index in [1.165, 1.54) is 0 Å². The van der Waals surface area contributed by atoms with Crippen molar-refractivity contribution in [1.82, 2.24) is 4.98 Å². The van der Waals surface area contributed by atoms with E-state index in [9.17, 15) is 0 Å². The van der Waals surface area contributed by atoms with Crippen LogP contribution in [0.3, 0.4) is 0 Å². The summed E-state index contributed by atoms with van der Waals surface area (Å²) in [6.45, 7) is 0. The Morgan fingerprint density at radius 2 is 2.09 bits per heavy atom. The first-order valence-electron chi connectivity index (χ1n) is 3.33. The van der Waals surface area contributed by atoms with Gasteiger partial charge in [-0.3, -0.25) is 0 Å². The average molecular weight is 151 g/mol. The van der Waals surface area contributed by atoms with Crippen molar-refractivity contribution in [3.05, 3.63) is 12.3 Å². The molecule has 0 unspecified atom stereocenters. The standard InChI is InChI=1S/C7H10BNO2/c1-10-5-3-4-9-7(11-2)6(5)8/h3-4H,8H2,1-2H3. The lowest BCUT2D eigenvalue weighted by Gasteiger charge is -2.06. The maximum Gasteiger partial charge on any atom is 0.209 e. The summed E-state index contributed by atoms with van der Waals surface area (Å²) in [7, 11) is 5.13. The monoisotopic (exact) mass is 151 g/mol. The highest BCUT2D eigenvalue weighted by molar-refractivity contribution is 6.35. The predicted octanol–water partition coefficient (Wildman–Crippen LogP) is -0.643. The van der Waals surface area contributed by atoms with Gasteiger partial charge in [0.2, 0.25) is 5.88 Å². The lowest BCUT2D eigenvalue weighted by Crippen LogP contribution is -2.12. The minimum absolute atomic E-state index is 0.615. The molecule has 0 aromatic carbocycles. The van der Waals surface area contributed by atoms with Gasteiger partial charge >= 0.3 is 0 Å². The molecular weight excluding hydrogens is 141 g/mol. The van der Waals surface area contributed by atoms with Crippen LogP contribution in [0.1, 0.15) is 0 Å². The zero-order chi connectivity index (χ0) is 8.27. The quantitative estimate of drug-likeness (QED) is 0.526. The van der Waals surface area contributed by atoms with Gasteiger partial charge in [0.25, 0.3) is 0 Å². The van der Waals surface area contributed by atoms with Crippen molar-refractivity contribution >= 4 is 13.3 Å². The summed E-state index contributed by atoms with van der Waals surface area (Å²) in [4.78, 5) is 4.00. The van der Waals surface area contributed by atoms with Gasteiger partial charge in [0, 0.05) is 11.7 Å². The fourth-order valence-corrected chi connectivity index (χ4v) is 0.927. The highest BCUT2D eigenvalue weighted by atomic mass is 16.5. The largest absolute Gasteiger partial charge is 0.497 e. The maximum atomic E-state index is 5.07. The predicted molar refractivity (Wildman–Crippen MR) is 45.5 cm³/mol. The molecule has 0 spiro atoms. The zero-order valence-corrected chi connectivity index (χ0v) is 6.92. The fourth-order valence-electron chi connectivity index (χ4n) is 0.927. The molecule has 0 aliphatic heterocycles. The summed E-state index contributed by atoms with van der Waals surface area (Å²) in [5.41, 5.74) is 0.928. The van der Waals surface area contributed by atoms with Crippen LogP contribution in [0.25, 0.3) is 0 Å². The smallest absolute Gasteiger partial charge is 0.209 e. The van der Waals surface area contributed by atoms with Crippen molar-refractivity contribution in [2.24, 2.45) is 0 Å². The molecule has 0 fully saturated rings. The Balaban J connectivity index is 3.10. The van der Waals surface area contributed by atoms with Gasteiger partial charge in [-0.1, -0.05) is 0 Å². The van der Waals surface area contributed by atoms with Gasteiger partial charge < -0.3 is 9.47 Å². The third-order valence-electron chi connectivity index (χ3n) is 1.52. The summed E-state index contributed by atoms with van der Waals surface area (Å²) in [6.07, 6.45) is 1.66. The van der Waals surface area contributed by atoms with Gasteiger partial charge in [-0.15, -0.1) is 0 Å². The molecule has 1 heterocycles. The van der Waals surface area contributed by atoms with Crippen LogP contribution in [0.5, 0.6) is 11.6 Å². The van der Waals surface area contributed by atoms with E-state index >= 15 is 0 Å². The number of pyridine rings is 1. The zero-order valence-electron chi connectivity index (χ0n) is 6.92. The molecule has 0 aliphatic rings. The molecule has 0 amide bonds. The SMILES string of the molecule is Bc1c(OC)ccnc1OC. The van der Waals surface area contributed by atoms with Crippen LogP contribution >= 0.6 is 0 Å².